The van der Waals surface area contributed by atoms with E-state index in [2.05, 4.69) is 28.7 Å². The predicted octanol–water partition coefficient (Wildman–Crippen LogP) is 2.96. The first kappa shape index (κ1) is 15.4. The van der Waals surface area contributed by atoms with E-state index in [0.29, 0.717) is 17.6 Å². The van der Waals surface area contributed by atoms with Crippen LogP contribution in [0.4, 0.5) is 0 Å². The summed E-state index contributed by atoms with van der Waals surface area (Å²) in [5, 5.41) is 0. The minimum Gasteiger partial charge on any atom is -0.444 e. The van der Waals surface area contributed by atoms with Gasteiger partial charge in [0.15, 0.2) is 5.90 Å². The van der Waals surface area contributed by atoms with Crippen LogP contribution in [-0.4, -0.2) is 39.4 Å². The first-order valence-electron chi connectivity index (χ1n) is 7.07. The summed E-state index contributed by atoms with van der Waals surface area (Å²) in [6.45, 7) is 7.48. The van der Waals surface area contributed by atoms with Crippen LogP contribution in [0.25, 0.3) is 5.76 Å². The molecule has 4 nitrogen and oxygen atoms in total. The lowest BCUT2D eigenvalue weighted by atomic mass is 9.93. The van der Waals surface area contributed by atoms with Gasteiger partial charge in [-0.25, -0.2) is 0 Å². The maximum absolute atomic E-state index is 5.58. The zero-order valence-electron chi connectivity index (χ0n) is 12.9. The average Bonchev–Trinajstić information content (AvgIpc) is 2.44. The first-order valence-corrected chi connectivity index (χ1v) is 7.07. The molecule has 0 spiro atoms. The molecule has 0 atom stereocenters. The highest BCUT2D eigenvalue weighted by molar-refractivity contribution is 5.84. The summed E-state index contributed by atoms with van der Waals surface area (Å²) in [5.41, 5.74) is 3.37. The van der Waals surface area contributed by atoms with Gasteiger partial charge in [0.05, 0.1) is 13.2 Å². The Labute approximate surface area is 126 Å². The molecule has 2 rings (SSSR count). The van der Waals surface area contributed by atoms with E-state index in [-0.39, 0.29) is 0 Å². The van der Waals surface area contributed by atoms with Gasteiger partial charge in [0, 0.05) is 38.7 Å². The molecule has 1 heterocycles. The fraction of sp³-hybridized carbons (Fsp3) is 0.412. The highest BCUT2D eigenvalue weighted by Crippen LogP contribution is 2.23. The fourth-order valence-electron chi connectivity index (χ4n) is 2.22. The fourth-order valence-corrected chi connectivity index (χ4v) is 2.22. The number of benzene rings is 1. The van der Waals surface area contributed by atoms with Crippen molar-refractivity contribution in [2.24, 2.45) is 15.9 Å². The van der Waals surface area contributed by atoms with Crippen molar-refractivity contribution in [3.63, 3.8) is 0 Å². The van der Waals surface area contributed by atoms with Crippen LogP contribution in [-0.2, 0) is 15.9 Å². The summed E-state index contributed by atoms with van der Waals surface area (Å²) in [6.07, 6.45) is 2.88. The van der Waals surface area contributed by atoms with E-state index < -0.39 is 0 Å². The van der Waals surface area contributed by atoms with Crippen LogP contribution >= 0.6 is 0 Å². The van der Waals surface area contributed by atoms with Crippen molar-refractivity contribution in [2.45, 2.75) is 13.3 Å². The Balaban J connectivity index is 2.22. The maximum atomic E-state index is 5.58. The number of nitrogens with zero attached hydrogens (tertiary/aromatic N) is 2. The molecule has 0 unspecified atom stereocenters. The van der Waals surface area contributed by atoms with E-state index in [4.69, 9.17) is 9.47 Å². The Kier molecular flexibility index (Phi) is 5.28. The van der Waals surface area contributed by atoms with Crippen molar-refractivity contribution in [2.75, 3.05) is 27.3 Å². The van der Waals surface area contributed by atoms with Gasteiger partial charge in [0.25, 0.3) is 0 Å². The summed E-state index contributed by atoms with van der Waals surface area (Å²) in [5.74, 6) is 1.81. The standard InChI is InChI=1S/C17H22N2O2/c1-12(21-13(2)19-4)15-5-6-16(9-18-3)17(8-15)7-14-10-20-11-14/h5-6,8-9,14H,1,7,10-11H2,2-4H3. The van der Waals surface area contributed by atoms with Crippen LogP contribution in [0.2, 0.25) is 0 Å². The Bertz CT molecular complexity index is 572. The number of hydrogen-bond donors (Lipinski definition) is 0. The maximum Gasteiger partial charge on any atom is 0.186 e. The second kappa shape index (κ2) is 7.18. The van der Waals surface area contributed by atoms with Gasteiger partial charge < -0.3 is 9.47 Å². The molecule has 0 radical (unpaired) electrons. The predicted molar refractivity (Wildman–Crippen MR) is 87.1 cm³/mol. The normalized spacial score (nSPS) is 16.0. The topological polar surface area (TPSA) is 43.2 Å². The molecule has 0 N–H and O–H groups in total. The Morgan fingerprint density at radius 1 is 1.43 bits per heavy atom. The molecule has 0 aromatic heterocycles. The van der Waals surface area contributed by atoms with Crippen LogP contribution in [0.1, 0.15) is 23.6 Å². The van der Waals surface area contributed by atoms with Crippen LogP contribution in [0.5, 0.6) is 0 Å². The number of rotatable bonds is 5. The third-order valence-corrected chi connectivity index (χ3v) is 3.53. The Morgan fingerprint density at radius 2 is 2.19 bits per heavy atom. The molecule has 1 saturated heterocycles. The molecule has 0 saturated carbocycles. The summed E-state index contributed by atoms with van der Waals surface area (Å²) in [4.78, 5) is 8.11. The van der Waals surface area contributed by atoms with Crippen LogP contribution in [0.3, 0.4) is 0 Å². The molecule has 21 heavy (non-hydrogen) atoms. The average molecular weight is 286 g/mol. The zero-order valence-corrected chi connectivity index (χ0v) is 12.9. The molecule has 0 bridgehead atoms. The van der Waals surface area contributed by atoms with Crippen molar-refractivity contribution in [1.29, 1.82) is 0 Å². The summed E-state index contributed by atoms with van der Waals surface area (Å²) < 4.78 is 10.8. The lowest BCUT2D eigenvalue weighted by molar-refractivity contribution is -0.0312. The van der Waals surface area contributed by atoms with E-state index in [0.717, 1.165) is 30.8 Å². The zero-order chi connectivity index (χ0) is 15.2. The lowest BCUT2D eigenvalue weighted by Crippen LogP contribution is -2.29. The van der Waals surface area contributed by atoms with E-state index in [9.17, 15) is 0 Å². The molecular formula is C17H22N2O2. The van der Waals surface area contributed by atoms with Crippen molar-refractivity contribution >= 4 is 17.9 Å². The minimum absolute atomic E-state index is 0.595. The summed E-state index contributed by atoms with van der Waals surface area (Å²) in [7, 11) is 3.48. The van der Waals surface area contributed by atoms with E-state index in [1.165, 1.54) is 5.56 Å². The molecule has 0 aliphatic carbocycles. The third kappa shape index (κ3) is 4.02. The van der Waals surface area contributed by atoms with E-state index >= 15 is 0 Å². The van der Waals surface area contributed by atoms with Gasteiger partial charge in [-0.2, -0.15) is 0 Å². The first-order chi connectivity index (χ1) is 10.1. The van der Waals surface area contributed by atoms with Crippen molar-refractivity contribution in [3.05, 3.63) is 41.5 Å². The monoisotopic (exact) mass is 286 g/mol. The van der Waals surface area contributed by atoms with E-state index in [1.807, 2.05) is 19.2 Å². The highest BCUT2D eigenvalue weighted by atomic mass is 16.5. The lowest BCUT2D eigenvalue weighted by Gasteiger charge is -2.26. The van der Waals surface area contributed by atoms with Gasteiger partial charge in [0.1, 0.15) is 5.76 Å². The van der Waals surface area contributed by atoms with Crippen molar-refractivity contribution in [1.82, 2.24) is 0 Å². The molecule has 4 heteroatoms. The van der Waals surface area contributed by atoms with Crippen LogP contribution in [0, 0.1) is 5.92 Å². The second-order valence-electron chi connectivity index (χ2n) is 5.18. The Morgan fingerprint density at radius 3 is 2.76 bits per heavy atom. The largest absolute Gasteiger partial charge is 0.444 e. The van der Waals surface area contributed by atoms with Crippen molar-refractivity contribution in [3.8, 4) is 0 Å². The number of ether oxygens (including phenoxy) is 2. The van der Waals surface area contributed by atoms with Gasteiger partial charge >= 0.3 is 0 Å². The minimum atomic E-state index is 0.595. The Hall–Kier alpha value is -1.94. The number of aliphatic imine (C=N–C) groups is 2. The molecular weight excluding hydrogens is 264 g/mol. The van der Waals surface area contributed by atoms with Crippen LogP contribution < -0.4 is 0 Å². The third-order valence-electron chi connectivity index (χ3n) is 3.53. The summed E-state index contributed by atoms with van der Waals surface area (Å²) >= 11 is 0. The summed E-state index contributed by atoms with van der Waals surface area (Å²) in [6, 6.07) is 6.19. The number of hydrogen-bond acceptors (Lipinski definition) is 4. The molecule has 1 aromatic carbocycles. The van der Waals surface area contributed by atoms with Gasteiger partial charge in [-0.15, -0.1) is 0 Å². The molecule has 0 amide bonds. The molecule has 1 fully saturated rings. The quantitative estimate of drug-likeness (QED) is 0.474. The van der Waals surface area contributed by atoms with Gasteiger partial charge in [-0.1, -0.05) is 18.7 Å². The van der Waals surface area contributed by atoms with Gasteiger partial charge in [-0.05, 0) is 23.6 Å². The molecule has 1 aliphatic rings. The smallest absolute Gasteiger partial charge is 0.186 e. The van der Waals surface area contributed by atoms with Gasteiger partial charge in [-0.3, -0.25) is 9.98 Å². The molecule has 1 aliphatic heterocycles. The highest BCUT2D eigenvalue weighted by Gasteiger charge is 2.20. The molecule has 1 aromatic rings. The second-order valence-corrected chi connectivity index (χ2v) is 5.18. The van der Waals surface area contributed by atoms with Crippen LogP contribution in [0.15, 0.2) is 34.8 Å². The molecule has 112 valence electrons. The van der Waals surface area contributed by atoms with Crippen molar-refractivity contribution < 1.29 is 9.47 Å². The van der Waals surface area contributed by atoms with E-state index in [1.54, 1.807) is 14.1 Å². The SMILES string of the molecule is C=C(OC(C)=NC)c1ccc(C=NC)c(CC2COC2)c1. The van der Waals surface area contributed by atoms with Gasteiger partial charge in [0.2, 0.25) is 0 Å².